The van der Waals surface area contributed by atoms with Crippen molar-refractivity contribution in [3.63, 3.8) is 0 Å². The molecule has 1 aromatic heterocycles. The van der Waals surface area contributed by atoms with Gasteiger partial charge in [0.05, 0.1) is 0 Å². The van der Waals surface area contributed by atoms with Crippen molar-refractivity contribution < 1.29 is 14.5 Å². The van der Waals surface area contributed by atoms with E-state index in [9.17, 15) is 14.9 Å². The Kier molecular flexibility index (Phi) is 4.74. The molecule has 1 heterocycles. The van der Waals surface area contributed by atoms with Crippen LogP contribution in [0.4, 0.5) is 5.82 Å². The Morgan fingerprint density at radius 2 is 2.22 bits per heavy atom. The van der Waals surface area contributed by atoms with Crippen molar-refractivity contribution in [2.45, 2.75) is 32.4 Å². The summed E-state index contributed by atoms with van der Waals surface area (Å²) >= 11 is 0. The number of carbonyl (C=O) groups is 1. The fraction of sp³-hybridized carbons (Fsp3) is 0.600. The molecule has 0 radical (unpaired) electrons. The van der Waals surface area contributed by atoms with Gasteiger partial charge in [-0.1, -0.05) is 19.6 Å². The molecule has 0 aliphatic carbocycles. The lowest BCUT2D eigenvalue weighted by atomic mass is 10.5. The van der Waals surface area contributed by atoms with Gasteiger partial charge in [0.2, 0.25) is 6.33 Å². The Labute approximate surface area is 106 Å². The molecule has 0 unspecified atom stereocenters. The van der Waals surface area contributed by atoms with Crippen molar-refractivity contribution in [1.29, 1.82) is 0 Å². The molecule has 0 bridgehead atoms. The minimum Gasteiger partial charge on any atom is -0.361 e. The summed E-state index contributed by atoms with van der Waals surface area (Å²) in [5.41, 5.74) is -0.0620. The summed E-state index contributed by atoms with van der Waals surface area (Å²) in [5.74, 6) is -0.432. The highest BCUT2D eigenvalue weighted by molar-refractivity contribution is 6.76. The van der Waals surface area contributed by atoms with Gasteiger partial charge in [0.25, 0.3) is 0 Å². The molecule has 0 aromatic carbocycles. The molecule has 7 nitrogen and oxygen atoms in total. The van der Waals surface area contributed by atoms with Gasteiger partial charge in [0.1, 0.15) is 6.73 Å². The number of rotatable bonds is 7. The highest BCUT2D eigenvalue weighted by Gasteiger charge is 2.21. The molecule has 100 valence electrons. The van der Waals surface area contributed by atoms with Gasteiger partial charge < -0.3 is 14.9 Å². The van der Waals surface area contributed by atoms with Crippen molar-refractivity contribution in [3.05, 3.63) is 22.1 Å². The summed E-state index contributed by atoms with van der Waals surface area (Å²) in [6.45, 7) is 7.39. The van der Waals surface area contributed by atoms with Gasteiger partial charge >= 0.3 is 5.82 Å². The summed E-state index contributed by atoms with van der Waals surface area (Å²) < 4.78 is 6.75. The van der Waals surface area contributed by atoms with Crippen molar-refractivity contribution in [2.24, 2.45) is 0 Å². The molecular weight excluding hydrogens is 254 g/mol. The summed E-state index contributed by atoms with van der Waals surface area (Å²) in [6, 6.07) is 1.00. The number of nitrogens with zero attached hydrogens (tertiary/aromatic N) is 3. The van der Waals surface area contributed by atoms with Crippen LogP contribution in [0.15, 0.2) is 6.33 Å². The van der Waals surface area contributed by atoms with E-state index in [2.05, 4.69) is 24.6 Å². The average molecular weight is 271 g/mol. The SMILES string of the molecule is C[Si](C)(C)CCOCn1cnc([N+](=O)[O-])c1C=O. The molecule has 0 saturated heterocycles. The van der Waals surface area contributed by atoms with Gasteiger partial charge in [0, 0.05) is 14.7 Å². The van der Waals surface area contributed by atoms with E-state index in [4.69, 9.17) is 4.74 Å². The highest BCUT2D eigenvalue weighted by atomic mass is 28.3. The Morgan fingerprint density at radius 3 is 2.72 bits per heavy atom. The molecule has 0 aliphatic heterocycles. The minimum atomic E-state index is -1.16. The van der Waals surface area contributed by atoms with Gasteiger partial charge in [-0.25, -0.2) is 0 Å². The molecule has 0 atom stereocenters. The van der Waals surface area contributed by atoms with E-state index in [0.29, 0.717) is 12.9 Å². The van der Waals surface area contributed by atoms with Crippen molar-refractivity contribution in [3.8, 4) is 0 Å². The Morgan fingerprint density at radius 1 is 1.56 bits per heavy atom. The number of aldehydes is 1. The van der Waals surface area contributed by atoms with Crippen LogP contribution in [0, 0.1) is 10.1 Å². The van der Waals surface area contributed by atoms with Crippen LogP contribution >= 0.6 is 0 Å². The second-order valence-electron chi connectivity index (χ2n) is 5.15. The molecule has 0 aliphatic rings. The summed E-state index contributed by atoms with van der Waals surface area (Å²) in [4.78, 5) is 24.3. The highest BCUT2D eigenvalue weighted by Crippen LogP contribution is 2.14. The maximum atomic E-state index is 10.8. The van der Waals surface area contributed by atoms with Crippen LogP contribution in [0.1, 0.15) is 10.5 Å². The van der Waals surface area contributed by atoms with Crippen LogP contribution in [0.25, 0.3) is 0 Å². The van der Waals surface area contributed by atoms with Crippen LogP contribution < -0.4 is 0 Å². The molecule has 0 fully saturated rings. The number of hydrogen-bond acceptors (Lipinski definition) is 5. The van der Waals surface area contributed by atoms with Crippen molar-refractivity contribution >= 4 is 20.2 Å². The number of imidazole rings is 1. The van der Waals surface area contributed by atoms with Crippen molar-refractivity contribution in [1.82, 2.24) is 9.55 Å². The third-order valence-electron chi connectivity index (χ3n) is 2.37. The van der Waals surface area contributed by atoms with Crippen LogP contribution in [0.5, 0.6) is 0 Å². The van der Waals surface area contributed by atoms with E-state index in [-0.39, 0.29) is 12.4 Å². The largest absolute Gasteiger partial charge is 0.392 e. The zero-order chi connectivity index (χ0) is 13.8. The second-order valence-corrected chi connectivity index (χ2v) is 10.8. The third-order valence-corrected chi connectivity index (χ3v) is 4.07. The molecule has 0 saturated carbocycles. The molecule has 1 rings (SSSR count). The fourth-order valence-corrected chi connectivity index (χ4v) is 2.04. The fourth-order valence-electron chi connectivity index (χ4n) is 1.29. The number of nitro groups is 1. The zero-order valence-corrected chi connectivity index (χ0v) is 11.8. The summed E-state index contributed by atoms with van der Waals surface area (Å²) in [7, 11) is -1.16. The van der Waals surface area contributed by atoms with E-state index in [0.717, 1.165) is 6.04 Å². The lowest BCUT2D eigenvalue weighted by Gasteiger charge is -2.15. The zero-order valence-electron chi connectivity index (χ0n) is 10.8. The van der Waals surface area contributed by atoms with Crippen LogP contribution in [0.2, 0.25) is 25.7 Å². The first-order valence-electron chi connectivity index (χ1n) is 5.57. The molecule has 1 aromatic rings. The standard InChI is InChI=1S/C10H17N3O4Si/c1-18(2,3)5-4-17-8-12-7-11-10(13(15)16)9(12)6-14/h6-7H,4-5,8H2,1-3H3. The van der Waals surface area contributed by atoms with Gasteiger partial charge in [-0.3, -0.25) is 9.36 Å². The number of aromatic nitrogens is 2. The first-order valence-corrected chi connectivity index (χ1v) is 9.28. The molecule has 18 heavy (non-hydrogen) atoms. The van der Waals surface area contributed by atoms with E-state index < -0.39 is 18.8 Å². The van der Waals surface area contributed by atoms with Gasteiger partial charge in [-0.2, -0.15) is 0 Å². The maximum Gasteiger partial charge on any atom is 0.392 e. The van der Waals surface area contributed by atoms with Crippen LogP contribution in [0.3, 0.4) is 0 Å². The molecule has 8 heteroatoms. The van der Waals surface area contributed by atoms with Gasteiger partial charge in [-0.15, -0.1) is 0 Å². The Bertz CT molecular complexity index is 439. The third kappa shape index (κ3) is 4.04. The number of ether oxygens (including phenoxy) is 1. The second kappa shape index (κ2) is 5.87. The molecule has 0 spiro atoms. The average Bonchev–Trinajstić information content (AvgIpc) is 2.66. The lowest BCUT2D eigenvalue weighted by Crippen LogP contribution is -2.22. The van der Waals surface area contributed by atoms with Gasteiger partial charge in [-0.05, 0) is 16.0 Å². The predicted octanol–water partition coefficient (Wildman–Crippen LogP) is 1.92. The smallest absolute Gasteiger partial charge is 0.361 e. The number of hydrogen-bond donors (Lipinski definition) is 0. The van der Waals surface area contributed by atoms with E-state index in [1.165, 1.54) is 10.9 Å². The quantitative estimate of drug-likeness (QED) is 0.248. The summed E-state index contributed by atoms with van der Waals surface area (Å²) in [5, 5.41) is 10.6. The Balaban J connectivity index is 2.58. The Hall–Kier alpha value is -1.54. The first-order chi connectivity index (χ1) is 8.35. The maximum absolute atomic E-state index is 10.8. The van der Waals surface area contributed by atoms with Gasteiger partial charge in [0.15, 0.2) is 12.0 Å². The van der Waals surface area contributed by atoms with E-state index in [1.54, 1.807) is 0 Å². The van der Waals surface area contributed by atoms with Crippen molar-refractivity contribution in [2.75, 3.05) is 6.61 Å². The van der Waals surface area contributed by atoms with Crippen LogP contribution in [-0.4, -0.2) is 35.4 Å². The van der Waals surface area contributed by atoms with E-state index in [1.807, 2.05) is 0 Å². The monoisotopic (exact) mass is 271 g/mol. The molecule has 0 amide bonds. The lowest BCUT2D eigenvalue weighted by molar-refractivity contribution is -0.389. The topological polar surface area (TPSA) is 87.3 Å². The normalized spacial score (nSPS) is 11.5. The number of carbonyl (C=O) groups excluding carboxylic acids is 1. The first kappa shape index (κ1) is 14.5. The van der Waals surface area contributed by atoms with Crippen LogP contribution in [-0.2, 0) is 11.5 Å². The minimum absolute atomic E-state index is 0.0620. The predicted molar refractivity (Wildman–Crippen MR) is 68.4 cm³/mol. The molecule has 0 N–H and O–H groups in total. The summed E-state index contributed by atoms with van der Waals surface area (Å²) in [6.07, 6.45) is 1.67. The molecular formula is C10H17N3O4Si. The van der Waals surface area contributed by atoms with E-state index >= 15 is 0 Å².